The molecular formula is C22H13Br2ClN2O4S. The molecule has 0 fully saturated rings. The molecule has 0 heterocycles. The van der Waals surface area contributed by atoms with Crippen LogP contribution in [-0.4, -0.2) is 14.3 Å². The summed E-state index contributed by atoms with van der Waals surface area (Å²) in [7, 11) is -4.06. The molecule has 6 nitrogen and oxygen atoms in total. The quantitative estimate of drug-likeness (QED) is 0.208. The maximum atomic E-state index is 12.5. The van der Waals surface area contributed by atoms with E-state index in [4.69, 9.17) is 15.8 Å². The molecule has 0 aliphatic rings. The first kappa shape index (κ1) is 24.0. The van der Waals surface area contributed by atoms with Crippen LogP contribution in [0.2, 0.25) is 5.02 Å². The van der Waals surface area contributed by atoms with Gasteiger partial charge < -0.3 is 9.50 Å². The van der Waals surface area contributed by atoms with Crippen molar-refractivity contribution in [2.75, 3.05) is 5.32 Å². The Morgan fingerprint density at radius 1 is 1.03 bits per heavy atom. The molecule has 32 heavy (non-hydrogen) atoms. The standard InChI is InChI=1S/C22H13Br2ClN2O4S/c23-17-11-14(10-15(13-26)22(28)27-20-9-5-4-8-19(20)25)12-18(24)21(17)31-32(29,30)16-6-2-1-3-7-16/h1-12H,(H,27,28)/b15-10+. The van der Waals surface area contributed by atoms with Gasteiger partial charge in [0.25, 0.3) is 5.91 Å². The first-order chi connectivity index (χ1) is 15.2. The van der Waals surface area contributed by atoms with Gasteiger partial charge in [-0.1, -0.05) is 41.9 Å². The van der Waals surface area contributed by atoms with Gasteiger partial charge in [0, 0.05) is 0 Å². The summed E-state index contributed by atoms with van der Waals surface area (Å²) in [6.07, 6.45) is 1.36. The number of hydrogen-bond acceptors (Lipinski definition) is 5. The lowest BCUT2D eigenvalue weighted by atomic mass is 10.1. The zero-order chi connectivity index (χ0) is 23.3. The Morgan fingerprint density at radius 3 is 2.22 bits per heavy atom. The van der Waals surface area contributed by atoms with Crippen LogP contribution in [0.1, 0.15) is 5.56 Å². The molecule has 3 aromatic rings. The predicted molar refractivity (Wildman–Crippen MR) is 130 cm³/mol. The molecule has 0 spiro atoms. The van der Waals surface area contributed by atoms with Crippen molar-refractivity contribution in [2.45, 2.75) is 4.90 Å². The van der Waals surface area contributed by atoms with Crippen LogP contribution in [0.4, 0.5) is 5.69 Å². The van der Waals surface area contributed by atoms with Crippen LogP contribution < -0.4 is 9.50 Å². The van der Waals surface area contributed by atoms with E-state index in [1.54, 1.807) is 42.5 Å². The normalized spacial score (nSPS) is 11.5. The van der Waals surface area contributed by atoms with Gasteiger partial charge in [0.1, 0.15) is 16.5 Å². The second-order valence-corrected chi connectivity index (χ2v) is 9.93. The lowest BCUT2D eigenvalue weighted by molar-refractivity contribution is -0.112. The van der Waals surface area contributed by atoms with Crippen molar-refractivity contribution in [2.24, 2.45) is 0 Å². The van der Waals surface area contributed by atoms with Crippen molar-refractivity contribution in [1.29, 1.82) is 5.26 Å². The molecular weight excluding hydrogens is 584 g/mol. The van der Waals surface area contributed by atoms with Crippen molar-refractivity contribution < 1.29 is 17.4 Å². The number of rotatable bonds is 6. The summed E-state index contributed by atoms with van der Waals surface area (Å²) in [6, 6.07) is 19.3. The molecule has 3 rings (SSSR count). The number of nitriles is 1. The van der Waals surface area contributed by atoms with Crippen LogP contribution >= 0.6 is 43.5 Å². The van der Waals surface area contributed by atoms with E-state index >= 15 is 0 Å². The van der Waals surface area contributed by atoms with Crippen molar-refractivity contribution >= 4 is 71.2 Å². The monoisotopic (exact) mass is 594 g/mol. The third kappa shape index (κ3) is 5.78. The summed E-state index contributed by atoms with van der Waals surface area (Å²) < 4.78 is 30.9. The van der Waals surface area contributed by atoms with Gasteiger partial charge in [0.2, 0.25) is 0 Å². The summed E-state index contributed by atoms with van der Waals surface area (Å²) >= 11 is 12.6. The minimum absolute atomic E-state index is 0.00535. The topological polar surface area (TPSA) is 96.3 Å². The van der Waals surface area contributed by atoms with Gasteiger partial charge in [-0.3, -0.25) is 4.79 Å². The van der Waals surface area contributed by atoms with Crippen molar-refractivity contribution in [1.82, 2.24) is 0 Å². The van der Waals surface area contributed by atoms with Crippen LogP contribution in [-0.2, 0) is 14.9 Å². The SMILES string of the molecule is N#C/C(=C\c1cc(Br)c(OS(=O)(=O)c2ccccc2)c(Br)c1)C(=O)Nc1ccccc1Cl. The number of nitrogens with zero attached hydrogens (tertiary/aromatic N) is 1. The molecule has 162 valence electrons. The van der Waals surface area contributed by atoms with E-state index in [9.17, 15) is 18.5 Å². The highest BCUT2D eigenvalue weighted by atomic mass is 79.9. The number of carbonyl (C=O) groups excluding carboxylic acids is 1. The molecule has 0 aliphatic carbocycles. The molecule has 0 aromatic heterocycles. The average molecular weight is 597 g/mol. The zero-order valence-corrected chi connectivity index (χ0v) is 20.8. The Bertz CT molecular complexity index is 1330. The van der Waals surface area contributed by atoms with E-state index in [1.165, 1.54) is 30.3 Å². The van der Waals surface area contributed by atoms with Crippen LogP contribution in [0.15, 0.2) is 86.1 Å². The molecule has 0 saturated heterocycles. The Morgan fingerprint density at radius 2 is 1.62 bits per heavy atom. The highest BCUT2D eigenvalue weighted by Gasteiger charge is 2.20. The van der Waals surface area contributed by atoms with E-state index in [0.29, 0.717) is 25.2 Å². The summed E-state index contributed by atoms with van der Waals surface area (Å²) in [4.78, 5) is 12.5. The smallest absolute Gasteiger partial charge is 0.339 e. The molecule has 3 aromatic carbocycles. The largest absolute Gasteiger partial charge is 0.377 e. The molecule has 10 heteroatoms. The second-order valence-electron chi connectivity index (χ2n) is 6.27. The Kier molecular flexibility index (Phi) is 7.74. The van der Waals surface area contributed by atoms with Crippen molar-refractivity contribution in [3.63, 3.8) is 0 Å². The van der Waals surface area contributed by atoms with Gasteiger partial charge in [-0.2, -0.15) is 13.7 Å². The first-order valence-electron chi connectivity index (χ1n) is 8.87. The summed E-state index contributed by atoms with van der Waals surface area (Å²) in [6.45, 7) is 0. The van der Waals surface area contributed by atoms with Gasteiger partial charge >= 0.3 is 10.1 Å². The number of carbonyl (C=O) groups is 1. The average Bonchev–Trinajstić information content (AvgIpc) is 2.77. The predicted octanol–water partition coefficient (Wildman–Crippen LogP) is 6.18. The minimum atomic E-state index is -4.06. The Balaban J connectivity index is 1.88. The number of anilines is 1. The van der Waals surface area contributed by atoms with Gasteiger partial charge in [-0.15, -0.1) is 0 Å². The lowest BCUT2D eigenvalue weighted by Gasteiger charge is -2.12. The van der Waals surface area contributed by atoms with Gasteiger partial charge in [0.05, 0.1) is 19.7 Å². The third-order valence-corrected chi connectivity index (χ3v) is 6.79. The molecule has 0 unspecified atom stereocenters. The number of nitrogens with one attached hydrogen (secondary N) is 1. The molecule has 0 saturated carbocycles. The summed E-state index contributed by atoms with van der Waals surface area (Å²) in [5, 5.41) is 12.4. The first-order valence-corrected chi connectivity index (χ1v) is 12.2. The van der Waals surface area contributed by atoms with Crippen molar-refractivity contribution in [3.8, 4) is 11.8 Å². The number of benzene rings is 3. The molecule has 1 N–H and O–H groups in total. The lowest BCUT2D eigenvalue weighted by Crippen LogP contribution is -2.13. The number of para-hydroxylation sites is 1. The van der Waals surface area contributed by atoms with E-state index in [0.717, 1.165) is 0 Å². The molecule has 1 amide bonds. The number of hydrogen-bond donors (Lipinski definition) is 1. The van der Waals surface area contributed by atoms with E-state index in [1.807, 2.05) is 6.07 Å². The van der Waals surface area contributed by atoms with Gasteiger partial charge in [-0.25, -0.2) is 0 Å². The number of amides is 1. The highest BCUT2D eigenvalue weighted by molar-refractivity contribution is 9.11. The fourth-order valence-electron chi connectivity index (χ4n) is 2.55. The maximum Gasteiger partial charge on any atom is 0.339 e. The van der Waals surface area contributed by atoms with E-state index in [-0.39, 0.29) is 16.2 Å². The van der Waals surface area contributed by atoms with Gasteiger partial charge in [0.15, 0.2) is 5.75 Å². The fraction of sp³-hybridized carbons (Fsp3) is 0. The van der Waals surface area contributed by atoms with Crippen LogP contribution in [0.3, 0.4) is 0 Å². The maximum absolute atomic E-state index is 12.5. The van der Waals surface area contributed by atoms with Crippen LogP contribution in [0, 0.1) is 11.3 Å². The number of halogens is 3. The fourth-order valence-corrected chi connectivity index (χ4v) is 5.32. The van der Waals surface area contributed by atoms with Crippen LogP contribution in [0.25, 0.3) is 6.08 Å². The summed E-state index contributed by atoms with van der Waals surface area (Å²) in [5.74, 6) is -0.607. The van der Waals surface area contributed by atoms with Crippen molar-refractivity contribution in [3.05, 3.63) is 91.8 Å². The van der Waals surface area contributed by atoms with Gasteiger partial charge in [-0.05, 0) is 79.9 Å². The Hall–Kier alpha value is -2.64. The molecule has 0 aliphatic heterocycles. The van der Waals surface area contributed by atoms with Crippen LogP contribution in [0.5, 0.6) is 5.75 Å². The summed E-state index contributed by atoms with van der Waals surface area (Å²) in [5.41, 5.74) is 0.658. The third-order valence-electron chi connectivity index (χ3n) is 4.04. The second kappa shape index (κ2) is 10.3. The zero-order valence-electron chi connectivity index (χ0n) is 16.1. The molecule has 0 bridgehead atoms. The molecule has 0 atom stereocenters. The van der Waals surface area contributed by atoms with E-state index < -0.39 is 16.0 Å². The van der Waals surface area contributed by atoms with E-state index in [2.05, 4.69) is 37.2 Å². The highest BCUT2D eigenvalue weighted by Crippen LogP contribution is 2.37. The Labute approximate surface area is 206 Å². The molecule has 0 radical (unpaired) electrons. The minimum Gasteiger partial charge on any atom is -0.377 e.